The van der Waals surface area contributed by atoms with Crippen molar-refractivity contribution in [3.05, 3.63) is 57.5 Å². The quantitative estimate of drug-likeness (QED) is 0.698. The van der Waals surface area contributed by atoms with Crippen LogP contribution in [0.4, 0.5) is 5.69 Å². The zero-order valence-corrected chi connectivity index (χ0v) is 17.2. The lowest BCUT2D eigenvalue weighted by Crippen LogP contribution is -2.31. The lowest BCUT2D eigenvalue weighted by molar-refractivity contribution is -0.130. The van der Waals surface area contributed by atoms with Crippen molar-refractivity contribution in [3.63, 3.8) is 0 Å². The van der Waals surface area contributed by atoms with Crippen LogP contribution in [0.2, 0.25) is 0 Å². The van der Waals surface area contributed by atoms with Gasteiger partial charge in [-0.2, -0.15) is 0 Å². The van der Waals surface area contributed by atoms with Crippen molar-refractivity contribution in [2.45, 2.75) is 39.2 Å². The number of carbonyl (C=O) groups excluding carboxylic acids is 1. The van der Waals surface area contributed by atoms with Crippen molar-refractivity contribution >= 4 is 22.6 Å². The van der Waals surface area contributed by atoms with E-state index in [9.17, 15) is 9.59 Å². The number of fused-ring (bicyclic) bond motifs is 1. The average molecular weight is 393 g/mol. The van der Waals surface area contributed by atoms with Gasteiger partial charge in [0.15, 0.2) is 5.65 Å². The highest BCUT2D eigenvalue weighted by molar-refractivity contribution is 5.81. The van der Waals surface area contributed by atoms with Crippen LogP contribution >= 0.6 is 0 Å². The molecule has 29 heavy (non-hydrogen) atoms. The highest BCUT2D eigenvalue weighted by atomic mass is 16.2. The summed E-state index contributed by atoms with van der Waals surface area (Å²) < 4.78 is 1.65. The van der Waals surface area contributed by atoms with E-state index in [0.29, 0.717) is 23.9 Å². The Morgan fingerprint density at radius 1 is 1.28 bits per heavy atom. The summed E-state index contributed by atoms with van der Waals surface area (Å²) in [6.45, 7) is 5.39. The second-order valence-corrected chi connectivity index (χ2v) is 7.84. The smallest absolute Gasteiger partial charge is 0.273 e. The molecule has 0 radical (unpaired) electrons. The average Bonchev–Trinajstić information content (AvgIpc) is 3.26. The normalized spacial score (nSPS) is 16.5. The zero-order valence-electron chi connectivity index (χ0n) is 17.2. The van der Waals surface area contributed by atoms with Gasteiger partial charge in [0, 0.05) is 44.0 Å². The van der Waals surface area contributed by atoms with Crippen molar-refractivity contribution in [1.82, 2.24) is 19.7 Å². The van der Waals surface area contributed by atoms with Gasteiger partial charge in [-0.25, -0.2) is 4.98 Å². The minimum absolute atomic E-state index is 0.130. The zero-order chi connectivity index (χ0) is 20.5. The Bertz CT molecular complexity index is 1100. The Labute approximate surface area is 169 Å². The van der Waals surface area contributed by atoms with Gasteiger partial charge in [-0.1, -0.05) is 18.2 Å². The van der Waals surface area contributed by atoms with E-state index in [1.165, 1.54) is 0 Å². The highest BCUT2D eigenvalue weighted by Crippen LogP contribution is 2.22. The SMILES string of the molecule is Cc1nc2c(c(C)c1CCC(=O)N1CCC(Nc3ccccc3)C1)c(=O)[nH]n2C. The predicted octanol–water partition coefficient (Wildman–Crippen LogP) is 2.52. The summed E-state index contributed by atoms with van der Waals surface area (Å²) in [5.41, 5.74) is 4.42. The number of anilines is 1. The second-order valence-electron chi connectivity index (χ2n) is 7.84. The third-order valence-corrected chi connectivity index (χ3v) is 5.85. The molecule has 2 aromatic heterocycles. The van der Waals surface area contributed by atoms with E-state index < -0.39 is 0 Å². The molecule has 1 unspecified atom stereocenters. The number of benzene rings is 1. The minimum Gasteiger partial charge on any atom is -0.380 e. The van der Waals surface area contributed by atoms with Gasteiger partial charge >= 0.3 is 0 Å². The number of nitrogens with zero attached hydrogens (tertiary/aromatic N) is 3. The molecular formula is C22H27N5O2. The molecule has 1 saturated heterocycles. The molecule has 2 N–H and O–H groups in total. The molecule has 1 atom stereocenters. The Morgan fingerprint density at radius 3 is 2.79 bits per heavy atom. The van der Waals surface area contributed by atoms with Crippen LogP contribution in [0, 0.1) is 13.8 Å². The Kier molecular flexibility index (Phi) is 5.13. The molecule has 3 heterocycles. The number of amides is 1. The molecule has 7 nitrogen and oxygen atoms in total. The third kappa shape index (κ3) is 3.77. The summed E-state index contributed by atoms with van der Waals surface area (Å²) >= 11 is 0. The topological polar surface area (TPSA) is 83.0 Å². The molecule has 1 aliphatic rings. The third-order valence-electron chi connectivity index (χ3n) is 5.85. The van der Waals surface area contributed by atoms with Gasteiger partial charge in [0.25, 0.3) is 5.56 Å². The summed E-state index contributed by atoms with van der Waals surface area (Å²) in [4.78, 5) is 31.5. The summed E-state index contributed by atoms with van der Waals surface area (Å²) in [5.74, 6) is 0.156. The van der Waals surface area contributed by atoms with E-state index in [-0.39, 0.29) is 17.5 Å². The van der Waals surface area contributed by atoms with Gasteiger partial charge in [-0.05, 0) is 49.9 Å². The first-order chi connectivity index (χ1) is 13.9. The van der Waals surface area contributed by atoms with Crippen LogP contribution < -0.4 is 10.9 Å². The highest BCUT2D eigenvalue weighted by Gasteiger charge is 2.26. The maximum absolute atomic E-state index is 12.8. The van der Waals surface area contributed by atoms with Gasteiger partial charge in [0.05, 0.1) is 5.39 Å². The molecule has 0 spiro atoms. The summed E-state index contributed by atoms with van der Waals surface area (Å²) in [6.07, 6.45) is 1.98. The molecule has 0 aliphatic carbocycles. The van der Waals surface area contributed by atoms with Crippen LogP contribution in [0.15, 0.2) is 35.1 Å². The molecule has 0 saturated carbocycles. The van der Waals surface area contributed by atoms with Gasteiger partial charge < -0.3 is 10.2 Å². The fourth-order valence-corrected chi connectivity index (χ4v) is 4.28. The Balaban J connectivity index is 1.41. The number of aromatic nitrogens is 3. The monoisotopic (exact) mass is 393 g/mol. The Morgan fingerprint density at radius 2 is 2.03 bits per heavy atom. The van der Waals surface area contributed by atoms with Gasteiger partial charge in [0.1, 0.15) is 0 Å². The van der Waals surface area contributed by atoms with E-state index >= 15 is 0 Å². The molecule has 1 amide bonds. The standard InChI is InChI=1S/C22H27N5O2/c1-14-18(15(2)23-21-20(14)22(29)25-26(21)3)9-10-19(28)27-12-11-17(13-27)24-16-7-5-4-6-8-16/h4-8,17,24H,9-13H2,1-3H3,(H,25,29). The van der Waals surface area contributed by atoms with E-state index in [2.05, 4.69) is 15.4 Å². The molecule has 0 bridgehead atoms. The molecule has 152 valence electrons. The van der Waals surface area contributed by atoms with Crippen LogP contribution in [0.3, 0.4) is 0 Å². The first-order valence-corrected chi connectivity index (χ1v) is 10.1. The number of likely N-dealkylation sites (tertiary alicyclic amines) is 1. The van der Waals surface area contributed by atoms with E-state index in [0.717, 1.165) is 42.0 Å². The van der Waals surface area contributed by atoms with Crippen LogP contribution in [0.5, 0.6) is 0 Å². The summed E-state index contributed by atoms with van der Waals surface area (Å²) in [7, 11) is 1.78. The van der Waals surface area contributed by atoms with E-state index in [1.807, 2.05) is 49.1 Å². The first-order valence-electron chi connectivity index (χ1n) is 10.1. The van der Waals surface area contributed by atoms with E-state index in [1.54, 1.807) is 11.7 Å². The fraction of sp³-hybridized carbons (Fsp3) is 0.409. The van der Waals surface area contributed by atoms with Crippen LogP contribution in [0.1, 0.15) is 29.7 Å². The first kappa shape index (κ1) is 19.2. The van der Waals surface area contributed by atoms with Crippen molar-refractivity contribution in [3.8, 4) is 0 Å². The molecule has 7 heteroatoms. The number of hydrogen-bond donors (Lipinski definition) is 2. The molecule has 4 rings (SSSR count). The second kappa shape index (κ2) is 7.73. The number of H-pyrrole nitrogens is 1. The molecule has 1 fully saturated rings. The molecule has 1 aliphatic heterocycles. The largest absolute Gasteiger partial charge is 0.380 e. The van der Waals surface area contributed by atoms with Gasteiger partial charge in [-0.3, -0.25) is 19.4 Å². The summed E-state index contributed by atoms with van der Waals surface area (Å²) in [5, 5.41) is 6.88. The summed E-state index contributed by atoms with van der Waals surface area (Å²) in [6, 6.07) is 10.4. The molecule has 3 aromatic rings. The molecule has 1 aromatic carbocycles. The number of hydrogen-bond acceptors (Lipinski definition) is 4. The van der Waals surface area contributed by atoms with Crippen molar-refractivity contribution in [2.24, 2.45) is 7.05 Å². The number of aryl methyl sites for hydroxylation is 3. The fourth-order valence-electron chi connectivity index (χ4n) is 4.28. The number of carbonyl (C=O) groups is 1. The molecular weight excluding hydrogens is 366 g/mol. The van der Waals surface area contributed by atoms with Crippen LogP contribution in [0.25, 0.3) is 11.0 Å². The van der Waals surface area contributed by atoms with Crippen molar-refractivity contribution < 1.29 is 4.79 Å². The van der Waals surface area contributed by atoms with Crippen molar-refractivity contribution in [2.75, 3.05) is 18.4 Å². The number of para-hydroxylation sites is 1. The van der Waals surface area contributed by atoms with Gasteiger partial charge in [-0.15, -0.1) is 0 Å². The Hall–Kier alpha value is -3.09. The lowest BCUT2D eigenvalue weighted by Gasteiger charge is -2.18. The minimum atomic E-state index is -0.130. The maximum Gasteiger partial charge on any atom is 0.273 e. The number of rotatable bonds is 5. The van der Waals surface area contributed by atoms with Crippen LogP contribution in [-0.4, -0.2) is 44.7 Å². The van der Waals surface area contributed by atoms with Gasteiger partial charge in [0.2, 0.25) is 5.91 Å². The van der Waals surface area contributed by atoms with Crippen LogP contribution in [-0.2, 0) is 18.3 Å². The van der Waals surface area contributed by atoms with Crippen molar-refractivity contribution in [1.29, 1.82) is 0 Å². The maximum atomic E-state index is 12.8. The predicted molar refractivity (Wildman–Crippen MR) is 114 cm³/mol. The van der Waals surface area contributed by atoms with E-state index in [4.69, 9.17) is 0 Å². The number of nitrogens with one attached hydrogen (secondary N) is 2. The number of aromatic amines is 1. The number of pyridine rings is 1. The lowest BCUT2D eigenvalue weighted by atomic mass is 10.00.